The molecule has 0 saturated heterocycles. The smallest absolute Gasteiger partial charge is 0.407 e. The number of Topliss-reactive ketones (excluding diaryl/α,β-unsaturated/α-hetero) is 1. The molecule has 1 saturated carbocycles. The molecule has 2 rings (SSSR count). The van der Waals surface area contributed by atoms with Crippen LogP contribution in [0.4, 0.5) is 4.79 Å². The molecule has 0 bridgehead atoms. The summed E-state index contributed by atoms with van der Waals surface area (Å²) >= 11 is 6.24. The Hall–Kier alpha value is -1.55. The molecule has 2 atom stereocenters. The van der Waals surface area contributed by atoms with Crippen LogP contribution in [0, 0.1) is 5.92 Å². The Labute approximate surface area is 129 Å². The van der Waals surface area contributed by atoms with Crippen molar-refractivity contribution < 1.29 is 14.3 Å². The number of nitrogens with one attached hydrogen (secondary N) is 1. The Morgan fingerprint density at radius 2 is 2.19 bits per heavy atom. The maximum Gasteiger partial charge on any atom is 0.407 e. The van der Waals surface area contributed by atoms with E-state index in [4.69, 9.17) is 16.3 Å². The van der Waals surface area contributed by atoms with E-state index < -0.39 is 12.1 Å². The third kappa shape index (κ3) is 3.97. The highest BCUT2D eigenvalue weighted by Crippen LogP contribution is 2.35. The second-order valence-corrected chi connectivity index (χ2v) is 5.59. The van der Waals surface area contributed by atoms with Gasteiger partial charge < -0.3 is 10.1 Å². The van der Waals surface area contributed by atoms with Crippen LogP contribution < -0.4 is 5.32 Å². The number of amides is 1. The highest BCUT2D eigenvalue weighted by molar-refractivity contribution is 6.31. The lowest BCUT2D eigenvalue weighted by atomic mass is 9.80. The largest absolute Gasteiger partial charge is 0.450 e. The first kappa shape index (κ1) is 15.8. The molecule has 1 amide bonds. The van der Waals surface area contributed by atoms with Crippen LogP contribution >= 0.6 is 11.6 Å². The van der Waals surface area contributed by atoms with Gasteiger partial charge >= 0.3 is 6.09 Å². The van der Waals surface area contributed by atoms with Gasteiger partial charge in [-0.1, -0.05) is 36.2 Å². The molecule has 1 fully saturated rings. The fourth-order valence-corrected chi connectivity index (χ4v) is 3.04. The second-order valence-electron chi connectivity index (χ2n) is 5.18. The quantitative estimate of drug-likeness (QED) is 0.918. The maximum absolute atomic E-state index is 12.2. The van der Waals surface area contributed by atoms with Gasteiger partial charge in [0, 0.05) is 17.4 Å². The molecule has 5 heteroatoms. The third-order valence-corrected chi connectivity index (χ3v) is 4.14. The van der Waals surface area contributed by atoms with Crippen LogP contribution in [-0.2, 0) is 9.53 Å². The number of benzene rings is 1. The summed E-state index contributed by atoms with van der Waals surface area (Å²) in [5, 5.41) is 3.36. The minimum atomic E-state index is -0.513. The molecular formula is C16H20ClNO3. The van der Waals surface area contributed by atoms with Gasteiger partial charge in [-0.15, -0.1) is 0 Å². The van der Waals surface area contributed by atoms with Gasteiger partial charge in [0.15, 0.2) is 0 Å². The zero-order chi connectivity index (χ0) is 15.2. The van der Waals surface area contributed by atoms with Crippen molar-refractivity contribution in [1.29, 1.82) is 0 Å². The second kappa shape index (κ2) is 7.46. The fraction of sp³-hybridized carbons (Fsp3) is 0.500. The molecule has 1 aromatic rings. The number of halogens is 1. The summed E-state index contributed by atoms with van der Waals surface area (Å²) in [7, 11) is 0. The molecule has 21 heavy (non-hydrogen) atoms. The molecule has 1 aliphatic rings. The summed E-state index contributed by atoms with van der Waals surface area (Å²) in [5.41, 5.74) is 0.771. The molecule has 1 aliphatic carbocycles. The van der Waals surface area contributed by atoms with Crippen molar-refractivity contribution in [3.8, 4) is 0 Å². The molecule has 1 aromatic carbocycles. The van der Waals surface area contributed by atoms with Gasteiger partial charge in [-0.25, -0.2) is 4.79 Å². The van der Waals surface area contributed by atoms with Crippen molar-refractivity contribution >= 4 is 23.5 Å². The third-order valence-electron chi connectivity index (χ3n) is 3.79. The van der Waals surface area contributed by atoms with Crippen molar-refractivity contribution in [2.24, 2.45) is 5.92 Å². The zero-order valence-electron chi connectivity index (χ0n) is 12.1. The number of alkyl carbamates (subject to hydrolysis) is 1. The normalized spacial score (nSPS) is 19.9. The molecule has 0 heterocycles. The lowest BCUT2D eigenvalue weighted by Gasteiger charge is -2.30. The predicted octanol–water partition coefficient (Wildman–Crippen LogP) is 3.89. The average Bonchev–Trinajstić information content (AvgIpc) is 2.47. The lowest BCUT2D eigenvalue weighted by molar-refractivity contribution is -0.125. The van der Waals surface area contributed by atoms with Crippen LogP contribution in [0.5, 0.6) is 0 Å². The van der Waals surface area contributed by atoms with Crippen LogP contribution in [-0.4, -0.2) is 18.5 Å². The highest BCUT2D eigenvalue weighted by Gasteiger charge is 2.33. The first-order chi connectivity index (χ1) is 10.1. The fourth-order valence-electron chi connectivity index (χ4n) is 2.78. The van der Waals surface area contributed by atoms with E-state index in [1.54, 1.807) is 13.0 Å². The molecular weight excluding hydrogens is 290 g/mol. The zero-order valence-corrected chi connectivity index (χ0v) is 12.9. The first-order valence-corrected chi connectivity index (χ1v) is 7.71. The van der Waals surface area contributed by atoms with Crippen LogP contribution in [0.25, 0.3) is 0 Å². The van der Waals surface area contributed by atoms with Gasteiger partial charge in [0.2, 0.25) is 0 Å². The summed E-state index contributed by atoms with van der Waals surface area (Å²) in [6, 6.07) is 6.88. The molecule has 1 N–H and O–H groups in total. The standard InChI is InChI=1S/C16H20ClNO3/c1-2-21-16(20)18-15(11-7-3-5-9-13(11)17)12-8-4-6-10-14(12)19/h3,5,7,9,12,15H,2,4,6,8,10H2,1H3,(H,18,20)/t12-,15+/m0/s1. The molecule has 4 nitrogen and oxygen atoms in total. The van der Waals surface area contributed by atoms with Crippen LogP contribution in [0.2, 0.25) is 5.02 Å². The van der Waals surface area contributed by atoms with E-state index in [9.17, 15) is 9.59 Å². The summed E-state index contributed by atoms with van der Waals surface area (Å²) in [6.07, 6.45) is 2.73. The van der Waals surface area contributed by atoms with Crippen molar-refractivity contribution in [2.45, 2.75) is 38.6 Å². The lowest BCUT2D eigenvalue weighted by Crippen LogP contribution is -2.38. The Morgan fingerprint density at radius 1 is 1.43 bits per heavy atom. The maximum atomic E-state index is 12.2. The van der Waals surface area contributed by atoms with Crippen LogP contribution in [0.3, 0.4) is 0 Å². The molecule has 0 unspecified atom stereocenters. The van der Waals surface area contributed by atoms with E-state index in [2.05, 4.69) is 5.32 Å². The van der Waals surface area contributed by atoms with Gasteiger partial charge in [0.05, 0.1) is 12.6 Å². The Morgan fingerprint density at radius 3 is 2.86 bits per heavy atom. The van der Waals surface area contributed by atoms with E-state index in [-0.39, 0.29) is 11.7 Å². The highest BCUT2D eigenvalue weighted by atomic mass is 35.5. The molecule has 0 aromatic heterocycles. The van der Waals surface area contributed by atoms with Gasteiger partial charge in [0.25, 0.3) is 0 Å². The number of hydrogen-bond donors (Lipinski definition) is 1. The van der Waals surface area contributed by atoms with Crippen molar-refractivity contribution in [1.82, 2.24) is 5.32 Å². The number of carbonyl (C=O) groups excluding carboxylic acids is 2. The van der Waals surface area contributed by atoms with Gasteiger partial charge in [0.1, 0.15) is 5.78 Å². The van der Waals surface area contributed by atoms with E-state index in [0.717, 1.165) is 24.8 Å². The number of rotatable bonds is 4. The minimum absolute atomic E-state index is 0.183. The average molecular weight is 310 g/mol. The van der Waals surface area contributed by atoms with Gasteiger partial charge in [-0.3, -0.25) is 4.79 Å². The SMILES string of the molecule is CCOC(=O)N[C@H](c1ccccc1Cl)[C@H]1CCCCC1=O. The first-order valence-electron chi connectivity index (χ1n) is 7.34. The van der Waals surface area contributed by atoms with E-state index in [0.29, 0.717) is 18.1 Å². The number of carbonyl (C=O) groups is 2. The van der Waals surface area contributed by atoms with Crippen LogP contribution in [0.15, 0.2) is 24.3 Å². The molecule has 0 aliphatic heterocycles. The van der Waals surface area contributed by atoms with E-state index in [1.807, 2.05) is 18.2 Å². The topological polar surface area (TPSA) is 55.4 Å². The van der Waals surface area contributed by atoms with Crippen molar-refractivity contribution in [2.75, 3.05) is 6.61 Å². The van der Waals surface area contributed by atoms with Crippen molar-refractivity contribution in [3.05, 3.63) is 34.9 Å². The van der Waals surface area contributed by atoms with E-state index in [1.165, 1.54) is 0 Å². The number of hydrogen-bond acceptors (Lipinski definition) is 3. The molecule has 0 radical (unpaired) electrons. The molecule has 114 valence electrons. The van der Waals surface area contributed by atoms with E-state index >= 15 is 0 Å². The van der Waals surface area contributed by atoms with Gasteiger partial charge in [-0.05, 0) is 31.4 Å². The predicted molar refractivity (Wildman–Crippen MR) is 81.3 cm³/mol. The summed E-state index contributed by atoms with van der Waals surface area (Å²) in [5.74, 6) is -0.0500. The number of ether oxygens (including phenoxy) is 1. The monoisotopic (exact) mass is 309 g/mol. The van der Waals surface area contributed by atoms with Crippen LogP contribution in [0.1, 0.15) is 44.2 Å². The summed E-state index contributed by atoms with van der Waals surface area (Å²) in [4.78, 5) is 24.0. The Bertz CT molecular complexity index is 518. The summed E-state index contributed by atoms with van der Waals surface area (Å²) in [6.45, 7) is 2.04. The van der Waals surface area contributed by atoms with Crippen molar-refractivity contribution in [3.63, 3.8) is 0 Å². The Kier molecular flexibility index (Phi) is 5.62. The Balaban J connectivity index is 2.27. The summed E-state index contributed by atoms with van der Waals surface area (Å²) < 4.78 is 4.96. The number of ketones is 1. The molecule has 0 spiro atoms. The minimum Gasteiger partial charge on any atom is -0.450 e. The van der Waals surface area contributed by atoms with Gasteiger partial charge in [-0.2, -0.15) is 0 Å².